The summed E-state index contributed by atoms with van der Waals surface area (Å²) >= 11 is 5.97. The number of urea groups is 1. The lowest BCUT2D eigenvalue weighted by molar-refractivity contribution is 0.0926. The number of ether oxygens (including phenoxy) is 1. The maximum Gasteiger partial charge on any atom is 0.407 e. The van der Waals surface area contributed by atoms with E-state index in [2.05, 4.69) is 5.32 Å². The minimum Gasteiger partial charge on any atom is -0.490 e. The largest absolute Gasteiger partial charge is 0.490 e. The van der Waals surface area contributed by atoms with Crippen molar-refractivity contribution in [1.29, 1.82) is 0 Å². The Balaban J connectivity index is 1.85. The van der Waals surface area contributed by atoms with Gasteiger partial charge in [-0.15, -0.1) is 0 Å². The van der Waals surface area contributed by atoms with Crippen molar-refractivity contribution in [2.24, 2.45) is 5.92 Å². The predicted molar refractivity (Wildman–Crippen MR) is 128 cm³/mol. The Hall–Kier alpha value is -3.12. The third-order valence-corrected chi connectivity index (χ3v) is 7.24. The van der Waals surface area contributed by atoms with E-state index in [0.29, 0.717) is 23.6 Å². The first-order valence-electron chi connectivity index (χ1n) is 11.1. The van der Waals surface area contributed by atoms with Gasteiger partial charge in [0.2, 0.25) is 0 Å². The summed E-state index contributed by atoms with van der Waals surface area (Å²) in [6.45, 7) is 3.31. The Labute approximate surface area is 212 Å². The number of nitrogens with one attached hydrogen (secondary N) is 2. The SMILES string of the molecule is CC(C)NC(=O)NS(=O)(=O)c1cc(F)cc(OC[C@H]2CN(C(=O)O)CC[C@@H]2c2ccc(Cl)cc2)c1F. The van der Waals surface area contributed by atoms with Gasteiger partial charge in [-0.05, 0) is 49.9 Å². The average molecular weight is 546 g/mol. The fraction of sp³-hybridized carbons (Fsp3) is 0.391. The van der Waals surface area contributed by atoms with Crippen molar-refractivity contribution in [3.63, 3.8) is 0 Å². The van der Waals surface area contributed by atoms with Gasteiger partial charge in [-0.2, -0.15) is 0 Å². The Bertz CT molecular complexity index is 1230. The molecule has 2 atom stereocenters. The smallest absolute Gasteiger partial charge is 0.407 e. The van der Waals surface area contributed by atoms with E-state index in [4.69, 9.17) is 16.3 Å². The Kier molecular flexibility index (Phi) is 8.62. The number of rotatable bonds is 7. The Morgan fingerprint density at radius 1 is 1.22 bits per heavy atom. The van der Waals surface area contributed by atoms with Gasteiger partial charge in [0, 0.05) is 36.1 Å². The van der Waals surface area contributed by atoms with E-state index in [-0.39, 0.29) is 25.6 Å². The highest BCUT2D eigenvalue weighted by atomic mass is 35.5. The molecule has 13 heteroatoms. The molecule has 1 fully saturated rings. The lowest BCUT2D eigenvalue weighted by Crippen LogP contribution is -2.44. The van der Waals surface area contributed by atoms with Crippen molar-refractivity contribution in [3.05, 3.63) is 58.6 Å². The number of hydrogen-bond donors (Lipinski definition) is 3. The number of likely N-dealkylation sites (tertiary alicyclic amines) is 1. The van der Waals surface area contributed by atoms with Gasteiger partial charge in [0.15, 0.2) is 11.6 Å². The number of hydrogen-bond acceptors (Lipinski definition) is 5. The summed E-state index contributed by atoms with van der Waals surface area (Å²) in [5.41, 5.74) is 0.876. The maximum atomic E-state index is 15.1. The predicted octanol–water partition coefficient (Wildman–Crippen LogP) is 4.18. The van der Waals surface area contributed by atoms with Gasteiger partial charge >= 0.3 is 12.1 Å². The number of carboxylic acid groups (broad SMARTS) is 1. The maximum absolute atomic E-state index is 15.1. The van der Waals surface area contributed by atoms with E-state index >= 15 is 4.39 Å². The van der Waals surface area contributed by atoms with Gasteiger partial charge in [-0.25, -0.2) is 31.5 Å². The molecule has 1 aliphatic heterocycles. The van der Waals surface area contributed by atoms with Gasteiger partial charge in [0.1, 0.15) is 10.7 Å². The van der Waals surface area contributed by atoms with Crippen LogP contribution in [0, 0.1) is 17.6 Å². The number of amides is 3. The Morgan fingerprint density at radius 3 is 2.50 bits per heavy atom. The zero-order chi connectivity index (χ0) is 26.6. The first-order chi connectivity index (χ1) is 16.9. The van der Waals surface area contributed by atoms with Crippen LogP contribution in [0.5, 0.6) is 5.75 Å². The molecular weight excluding hydrogens is 520 g/mol. The van der Waals surface area contributed by atoms with Gasteiger partial charge in [-0.1, -0.05) is 23.7 Å². The molecule has 3 amide bonds. The molecule has 3 rings (SSSR count). The highest BCUT2D eigenvalue weighted by Crippen LogP contribution is 2.35. The van der Waals surface area contributed by atoms with Crippen molar-refractivity contribution in [3.8, 4) is 5.75 Å². The van der Waals surface area contributed by atoms with Crippen LogP contribution in [0.2, 0.25) is 5.02 Å². The van der Waals surface area contributed by atoms with Crippen LogP contribution in [0.1, 0.15) is 31.7 Å². The quantitative estimate of drug-likeness (QED) is 0.479. The number of sulfonamides is 1. The molecular formula is C23H26ClF2N3O6S. The topological polar surface area (TPSA) is 125 Å². The van der Waals surface area contributed by atoms with Crippen molar-refractivity contribution < 1.29 is 36.6 Å². The van der Waals surface area contributed by atoms with Crippen LogP contribution in [0.25, 0.3) is 0 Å². The molecule has 0 aliphatic carbocycles. The van der Waals surface area contributed by atoms with Gasteiger partial charge in [-0.3, -0.25) is 0 Å². The van der Waals surface area contributed by atoms with Crippen molar-refractivity contribution in [1.82, 2.24) is 14.9 Å². The van der Waals surface area contributed by atoms with Crippen LogP contribution in [0.15, 0.2) is 41.3 Å². The molecule has 196 valence electrons. The van der Waals surface area contributed by atoms with E-state index in [1.54, 1.807) is 42.8 Å². The lowest BCUT2D eigenvalue weighted by Gasteiger charge is -2.37. The molecule has 2 aromatic rings. The van der Waals surface area contributed by atoms with Crippen LogP contribution in [-0.2, 0) is 10.0 Å². The van der Waals surface area contributed by atoms with E-state index in [1.165, 1.54) is 4.90 Å². The van der Waals surface area contributed by atoms with Gasteiger partial charge < -0.3 is 20.1 Å². The first kappa shape index (κ1) is 27.5. The van der Waals surface area contributed by atoms with Gasteiger partial charge in [0.25, 0.3) is 10.0 Å². The second-order valence-electron chi connectivity index (χ2n) is 8.70. The second-order valence-corrected chi connectivity index (χ2v) is 10.8. The fourth-order valence-corrected chi connectivity index (χ4v) is 5.17. The molecule has 0 spiro atoms. The molecule has 3 N–H and O–H groups in total. The minimum atomic E-state index is -4.76. The molecule has 0 radical (unpaired) electrons. The van der Waals surface area contributed by atoms with Crippen LogP contribution in [0.4, 0.5) is 18.4 Å². The van der Waals surface area contributed by atoms with E-state index in [1.807, 2.05) is 0 Å². The normalized spacial score (nSPS) is 18.1. The highest BCUT2D eigenvalue weighted by molar-refractivity contribution is 7.90. The summed E-state index contributed by atoms with van der Waals surface area (Å²) in [6.07, 6.45) is -0.659. The number of piperidine rings is 1. The van der Waals surface area contributed by atoms with Crippen LogP contribution in [-0.4, -0.2) is 56.3 Å². The summed E-state index contributed by atoms with van der Waals surface area (Å²) in [5.74, 6) is -3.77. The molecule has 36 heavy (non-hydrogen) atoms. The zero-order valence-electron chi connectivity index (χ0n) is 19.5. The molecule has 0 aromatic heterocycles. The summed E-state index contributed by atoms with van der Waals surface area (Å²) in [4.78, 5) is 23.5. The third-order valence-electron chi connectivity index (χ3n) is 5.66. The average Bonchev–Trinajstić information content (AvgIpc) is 2.78. The molecule has 0 unspecified atom stereocenters. The molecule has 2 aromatic carbocycles. The molecule has 1 aliphatic rings. The molecule has 9 nitrogen and oxygen atoms in total. The van der Waals surface area contributed by atoms with E-state index in [0.717, 1.165) is 5.56 Å². The number of benzene rings is 2. The molecule has 1 saturated heterocycles. The second kappa shape index (κ2) is 11.3. The van der Waals surface area contributed by atoms with E-state index < -0.39 is 56.4 Å². The molecule has 1 heterocycles. The van der Waals surface area contributed by atoms with E-state index in [9.17, 15) is 27.5 Å². The fourth-order valence-electron chi connectivity index (χ4n) is 4.03. The summed E-state index contributed by atoms with van der Waals surface area (Å²) in [6, 6.07) is 6.64. The zero-order valence-corrected chi connectivity index (χ0v) is 21.1. The number of carbonyl (C=O) groups excluding carboxylic acids is 1. The molecule has 0 bridgehead atoms. The van der Waals surface area contributed by atoms with Crippen molar-refractivity contribution in [2.75, 3.05) is 19.7 Å². The third kappa shape index (κ3) is 6.76. The summed E-state index contributed by atoms with van der Waals surface area (Å²) in [7, 11) is -4.76. The Morgan fingerprint density at radius 2 is 1.89 bits per heavy atom. The van der Waals surface area contributed by atoms with Crippen molar-refractivity contribution in [2.45, 2.75) is 37.1 Å². The summed E-state index contributed by atoms with van der Waals surface area (Å²) in [5, 5.41) is 12.2. The standard InChI is InChI=1S/C23H26ClF2N3O6S/c1-13(2)27-22(30)28-36(33,34)20-10-17(25)9-19(21(20)26)35-12-15-11-29(23(31)32)8-7-18(15)14-3-5-16(24)6-4-14/h3-6,9-10,13,15,18H,7-8,11-12H2,1-2H3,(H,31,32)(H2,27,28,30)/t15-,18-/m1/s1. The monoisotopic (exact) mass is 545 g/mol. The lowest BCUT2D eigenvalue weighted by atomic mass is 9.81. The summed E-state index contributed by atoms with van der Waals surface area (Å²) < 4.78 is 61.6. The minimum absolute atomic E-state index is 0.0711. The first-order valence-corrected chi connectivity index (χ1v) is 12.9. The van der Waals surface area contributed by atoms with Crippen LogP contribution >= 0.6 is 11.6 Å². The molecule has 0 saturated carbocycles. The van der Waals surface area contributed by atoms with Crippen LogP contribution < -0.4 is 14.8 Å². The number of carbonyl (C=O) groups is 2. The van der Waals surface area contributed by atoms with Gasteiger partial charge in [0.05, 0.1) is 6.61 Å². The van der Waals surface area contributed by atoms with Crippen LogP contribution in [0.3, 0.4) is 0 Å². The number of halogens is 3. The number of nitrogens with zero attached hydrogens (tertiary/aromatic N) is 1. The highest BCUT2D eigenvalue weighted by Gasteiger charge is 2.34. The van der Waals surface area contributed by atoms with Crippen molar-refractivity contribution >= 4 is 33.7 Å².